The number of carbonyl (C=O) groups is 1. The summed E-state index contributed by atoms with van der Waals surface area (Å²) in [6.45, 7) is 1.94. The summed E-state index contributed by atoms with van der Waals surface area (Å²) in [5.74, 6) is 0. The van der Waals surface area contributed by atoms with Crippen LogP contribution in [0.25, 0.3) is 0 Å². The SMILES string of the molecule is CC1(c2ccccc2)CN(C(=O)Nc2ccc([N+](=O)[O-])cc2)N=C1c1ccc(C(F)(F)F)c(Cl)c1. The van der Waals surface area contributed by atoms with Crippen molar-refractivity contribution >= 4 is 34.7 Å². The van der Waals surface area contributed by atoms with E-state index in [2.05, 4.69) is 10.4 Å². The van der Waals surface area contributed by atoms with Crippen LogP contribution in [0.4, 0.5) is 29.3 Å². The number of nitro benzene ring substituents is 1. The molecule has 180 valence electrons. The predicted octanol–water partition coefficient (Wildman–Crippen LogP) is 6.48. The molecule has 1 N–H and O–H groups in total. The molecule has 35 heavy (non-hydrogen) atoms. The molecule has 1 aliphatic heterocycles. The molecule has 1 heterocycles. The molecule has 4 rings (SSSR count). The van der Waals surface area contributed by atoms with Gasteiger partial charge < -0.3 is 5.32 Å². The van der Waals surface area contributed by atoms with Gasteiger partial charge in [-0.15, -0.1) is 0 Å². The van der Waals surface area contributed by atoms with Crippen molar-refractivity contribution in [1.29, 1.82) is 0 Å². The Balaban J connectivity index is 1.69. The molecule has 0 spiro atoms. The number of hydrogen-bond acceptors (Lipinski definition) is 4. The molecule has 0 fully saturated rings. The summed E-state index contributed by atoms with van der Waals surface area (Å²) < 4.78 is 39.6. The van der Waals surface area contributed by atoms with E-state index in [1.165, 1.54) is 41.4 Å². The van der Waals surface area contributed by atoms with Gasteiger partial charge in [0.2, 0.25) is 0 Å². The number of nitro groups is 1. The zero-order chi connectivity index (χ0) is 25.4. The van der Waals surface area contributed by atoms with Gasteiger partial charge in [-0.2, -0.15) is 18.3 Å². The zero-order valence-electron chi connectivity index (χ0n) is 18.2. The second-order valence-corrected chi connectivity index (χ2v) is 8.54. The first-order chi connectivity index (χ1) is 16.5. The van der Waals surface area contributed by atoms with Gasteiger partial charge in [-0.05, 0) is 36.8 Å². The van der Waals surface area contributed by atoms with E-state index in [1.54, 1.807) is 0 Å². The first-order valence-corrected chi connectivity index (χ1v) is 10.7. The van der Waals surface area contributed by atoms with E-state index in [0.29, 0.717) is 17.0 Å². The molecule has 0 saturated heterocycles. The molecule has 0 aliphatic carbocycles. The highest BCUT2D eigenvalue weighted by atomic mass is 35.5. The van der Waals surface area contributed by atoms with E-state index >= 15 is 0 Å². The molecule has 11 heteroatoms. The third kappa shape index (κ3) is 4.83. The van der Waals surface area contributed by atoms with Crippen LogP contribution in [0.15, 0.2) is 77.9 Å². The number of anilines is 1. The van der Waals surface area contributed by atoms with Crippen LogP contribution in [-0.4, -0.2) is 28.2 Å². The number of halogens is 4. The van der Waals surface area contributed by atoms with E-state index < -0.39 is 33.1 Å². The van der Waals surface area contributed by atoms with Gasteiger partial charge in [-0.3, -0.25) is 10.1 Å². The Morgan fingerprint density at radius 3 is 2.34 bits per heavy atom. The Morgan fingerprint density at radius 1 is 1.11 bits per heavy atom. The van der Waals surface area contributed by atoms with Crippen LogP contribution in [0.2, 0.25) is 5.02 Å². The van der Waals surface area contributed by atoms with Crippen molar-refractivity contribution in [2.75, 3.05) is 11.9 Å². The smallest absolute Gasteiger partial charge is 0.306 e. The van der Waals surface area contributed by atoms with Crippen LogP contribution in [0, 0.1) is 10.1 Å². The van der Waals surface area contributed by atoms with Crippen LogP contribution < -0.4 is 5.32 Å². The maximum absolute atomic E-state index is 13.2. The topological polar surface area (TPSA) is 87.8 Å². The second-order valence-electron chi connectivity index (χ2n) is 8.13. The maximum atomic E-state index is 13.2. The number of carbonyl (C=O) groups excluding carboxylic acids is 1. The standard InChI is InChI=1S/C24H18ClF3N4O3/c1-23(16-5-3-2-4-6-16)14-31(22(33)29-17-8-10-18(11-9-17)32(34)35)30-21(23)15-7-12-19(20(25)13-15)24(26,27)28/h2-13H,14H2,1H3,(H,29,33). The Hall–Kier alpha value is -3.92. The molecule has 0 bridgehead atoms. The minimum Gasteiger partial charge on any atom is -0.306 e. The first kappa shape index (κ1) is 24.2. The average Bonchev–Trinajstić information content (AvgIpc) is 3.18. The van der Waals surface area contributed by atoms with Gasteiger partial charge in [-0.25, -0.2) is 9.80 Å². The lowest BCUT2D eigenvalue weighted by Crippen LogP contribution is -2.38. The zero-order valence-corrected chi connectivity index (χ0v) is 19.0. The summed E-state index contributed by atoms with van der Waals surface area (Å²) in [6, 6.07) is 17.2. The molecule has 1 atom stereocenters. The predicted molar refractivity (Wildman–Crippen MR) is 126 cm³/mol. The molecule has 3 aromatic rings. The third-order valence-electron chi connectivity index (χ3n) is 5.73. The fourth-order valence-corrected chi connectivity index (χ4v) is 4.20. The summed E-state index contributed by atoms with van der Waals surface area (Å²) in [5, 5.41) is 18.6. The summed E-state index contributed by atoms with van der Waals surface area (Å²) in [5.41, 5.74) is -0.0882. The number of nitrogens with one attached hydrogen (secondary N) is 1. The van der Waals surface area contributed by atoms with Crippen molar-refractivity contribution in [2.24, 2.45) is 5.10 Å². The fourth-order valence-electron chi connectivity index (χ4n) is 3.92. The molecular formula is C24H18ClF3N4O3. The fraction of sp³-hybridized carbons (Fsp3) is 0.167. The summed E-state index contributed by atoms with van der Waals surface area (Å²) >= 11 is 5.96. The van der Waals surface area contributed by atoms with Gasteiger partial charge in [0.1, 0.15) is 0 Å². The van der Waals surface area contributed by atoms with Crippen molar-refractivity contribution < 1.29 is 22.9 Å². The van der Waals surface area contributed by atoms with E-state index in [9.17, 15) is 28.1 Å². The van der Waals surface area contributed by atoms with Crippen molar-refractivity contribution in [2.45, 2.75) is 18.5 Å². The van der Waals surface area contributed by atoms with Gasteiger partial charge in [0.15, 0.2) is 0 Å². The first-order valence-electron chi connectivity index (χ1n) is 10.3. The largest absolute Gasteiger partial charge is 0.417 e. The van der Waals surface area contributed by atoms with Crippen molar-refractivity contribution in [3.63, 3.8) is 0 Å². The number of hydrazone groups is 1. The lowest BCUT2D eigenvalue weighted by Gasteiger charge is -2.27. The van der Waals surface area contributed by atoms with Gasteiger partial charge in [0.25, 0.3) is 5.69 Å². The minimum absolute atomic E-state index is 0.101. The van der Waals surface area contributed by atoms with Crippen LogP contribution in [0.5, 0.6) is 0 Å². The number of hydrogen-bond donors (Lipinski definition) is 1. The van der Waals surface area contributed by atoms with Gasteiger partial charge in [-0.1, -0.05) is 48.0 Å². The molecular weight excluding hydrogens is 485 g/mol. The summed E-state index contributed by atoms with van der Waals surface area (Å²) in [7, 11) is 0. The second kappa shape index (κ2) is 9.03. The molecule has 7 nitrogen and oxygen atoms in total. The Bertz CT molecular complexity index is 1310. The molecule has 1 aliphatic rings. The van der Waals surface area contributed by atoms with Crippen LogP contribution >= 0.6 is 11.6 Å². The lowest BCUT2D eigenvalue weighted by atomic mass is 9.76. The third-order valence-corrected chi connectivity index (χ3v) is 6.04. The summed E-state index contributed by atoms with van der Waals surface area (Å²) in [6.07, 6.45) is -4.60. The number of benzene rings is 3. The number of alkyl halides is 3. The number of amides is 2. The molecule has 2 amide bonds. The summed E-state index contributed by atoms with van der Waals surface area (Å²) in [4.78, 5) is 23.3. The highest BCUT2D eigenvalue weighted by molar-refractivity contribution is 6.32. The van der Waals surface area contributed by atoms with Crippen LogP contribution in [0.1, 0.15) is 23.6 Å². The van der Waals surface area contributed by atoms with E-state index in [-0.39, 0.29) is 12.2 Å². The van der Waals surface area contributed by atoms with Crippen LogP contribution in [-0.2, 0) is 11.6 Å². The quantitative estimate of drug-likeness (QED) is 0.327. The van der Waals surface area contributed by atoms with Crippen molar-refractivity contribution in [1.82, 2.24) is 5.01 Å². The number of nitrogens with zero attached hydrogens (tertiary/aromatic N) is 3. The minimum atomic E-state index is -4.60. The molecule has 0 saturated carbocycles. The average molecular weight is 503 g/mol. The highest BCUT2D eigenvalue weighted by Crippen LogP contribution is 2.39. The van der Waals surface area contributed by atoms with Gasteiger partial charge in [0, 0.05) is 23.4 Å². The van der Waals surface area contributed by atoms with Crippen molar-refractivity contribution in [3.05, 3.63) is 105 Å². The molecule has 0 aromatic heterocycles. The van der Waals surface area contributed by atoms with E-state index in [4.69, 9.17) is 11.6 Å². The number of non-ortho nitro benzene ring substituents is 1. The molecule has 1 unspecified atom stereocenters. The molecule has 0 radical (unpaired) electrons. The lowest BCUT2D eigenvalue weighted by molar-refractivity contribution is -0.384. The number of rotatable bonds is 4. The van der Waals surface area contributed by atoms with E-state index in [1.807, 2.05) is 37.3 Å². The van der Waals surface area contributed by atoms with Gasteiger partial charge >= 0.3 is 12.2 Å². The van der Waals surface area contributed by atoms with Crippen LogP contribution in [0.3, 0.4) is 0 Å². The van der Waals surface area contributed by atoms with E-state index in [0.717, 1.165) is 11.6 Å². The Labute approximate surface area is 203 Å². The van der Waals surface area contributed by atoms with Gasteiger partial charge in [0.05, 0.1) is 33.2 Å². The normalized spacial score (nSPS) is 17.7. The maximum Gasteiger partial charge on any atom is 0.417 e. The highest BCUT2D eigenvalue weighted by Gasteiger charge is 2.43. The molecule has 3 aromatic carbocycles. The Kier molecular flexibility index (Phi) is 6.25. The van der Waals surface area contributed by atoms with Crippen molar-refractivity contribution in [3.8, 4) is 0 Å². The number of urea groups is 1. The Morgan fingerprint density at radius 2 is 1.77 bits per heavy atom. The monoisotopic (exact) mass is 502 g/mol.